The van der Waals surface area contributed by atoms with Crippen molar-refractivity contribution < 1.29 is 28.2 Å². The average molecular weight is 400 g/mol. The van der Waals surface area contributed by atoms with Gasteiger partial charge in [-0.05, 0) is 42.7 Å². The molecule has 0 bridgehead atoms. The average Bonchev–Trinajstić information content (AvgIpc) is 3.51. The quantitative estimate of drug-likeness (QED) is 0.664. The molecule has 0 spiro atoms. The highest BCUT2D eigenvalue weighted by atomic mass is 19.1. The van der Waals surface area contributed by atoms with Crippen molar-refractivity contribution in [3.8, 4) is 5.75 Å². The van der Waals surface area contributed by atoms with E-state index in [1.807, 2.05) is 0 Å². The highest BCUT2D eigenvalue weighted by Gasteiger charge is 2.25. The summed E-state index contributed by atoms with van der Waals surface area (Å²) in [7, 11) is 1.35. The van der Waals surface area contributed by atoms with Crippen LogP contribution in [-0.4, -0.2) is 37.5 Å². The van der Waals surface area contributed by atoms with E-state index in [2.05, 4.69) is 10.6 Å². The zero-order valence-corrected chi connectivity index (χ0v) is 15.9. The first kappa shape index (κ1) is 20.3. The fourth-order valence-corrected chi connectivity index (χ4v) is 2.65. The van der Waals surface area contributed by atoms with E-state index in [9.17, 15) is 18.8 Å². The van der Waals surface area contributed by atoms with Crippen LogP contribution in [0.25, 0.3) is 0 Å². The monoisotopic (exact) mass is 400 g/mol. The number of rotatable bonds is 8. The number of amides is 2. The van der Waals surface area contributed by atoms with Gasteiger partial charge in [-0.2, -0.15) is 0 Å². The van der Waals surface area contributed by atoms with Gasteiger partial charge in [0.1, 0.15) is 0 Å². The minimum Gasteiger partial charge on any atom is -0.494 e. The molecule has 0 radical (unpaired) electrons. The van der Waals surface area contributed by atoms with Gasteiger partial charge in [-0.1, -0.05) is 18.2 Å². The number of benzene rings is 2. The van der Waals surface area contributed by atoms with Gasteiger partial charge < -0.3 is 20.1 Å². The summed E-state index contributed by atoms with van der Waals surface area (Å²) in [6.45, 7) is -0.518. The van der Waals surface area contributed by atoms with Crippen molar-refractivity contribution in [1.82, 2.24) is 5.32 Å². The molecule has 8 heteroatoms. The summed E-state index contributed by atoms with van der Waals surface area (Å²) in [6, 6.07) is 10.9. The molecule has 2 aromatic rings. The molecule has 2 aromatic carbocycles. The Balaban J connectivity index is 1.51. The lowest BCUT2D eigenvalue weighted by Gasteiger charge is -2.11. The van der Waals surface area contributed by atoms with Crippen LogP contribution in [0.5, 0.6) is 5.75 Å². The van der Waals surface area contributed by atoms with Crippen LogP contribution in [0, 0.1) is 5.82 Å². The number of carbonyl (C=O) groups is 3. The van der Waals surface area contributed by atoms with E-state index >= 15 is 0 Å². The molecule has 0 atom stereocenters. The second kappa shape index (κ2) is 9.18. The van der Waals surface area contributed by atoms with Crippen molar-refractivity contribution in [1.29, 1.82) is 0 Å². The Morgan fingerprint density at radius 1 is 1.14 bits per heavy atom. The molecular weight excluding hydrogens is 379 g/mol. The van der Waals surface area contributed by atoms with Crippen molar-refractivity contribution in [3.63, 3.8) is 0 Å². The van der Waals surface area contributed by atoms with Gasteiger partial charge in [-0.3, -0.25) is 14.4 Å². The molecule has 1 aliphatic carbocycles. The van der Waals surface area contributed by atoms with Gasteiger partial charge in [0.2, 0.25) is 0 Å². The third-order valence-electron chi connectivity index (χ3n) is 4.29. The summed E-state index contributed by atoms with van der Waals surface area (Å²) < 4.78 is 23.4. The van der Waals surface area contributed by atoms with Crippen molar-refractivity contribution in [2.75, 3.05) is 19.0 Å². The molecule has 2 amide bonds. The summed E-state index contributed by atoms with van der Waals surface area (Å²) in [5.41, 5.74) is 1.08. The van der Waals surface area contributed by atoms with E-state index in [4.69, 9.17) is 9.47 Å². The molecule has 1 aliphatic rings. The Bertz CT molecular complexity index is 927. The topological polar surface area (TPSA) is 93.7 Å². The highest BCUT2D eigenvalue weighted by molar-refractivity contribution is 6.04. The van der Waals surface area contributed by atoms with E-state index < -0.39 is 24.3 Å². The molecule has 152 valence electrons. The number of halogens is 1. The number of ether oxygens (including phenoxy) is 2. The number of methoxy groups -OCH3 is 1. The second-order valence-corrected chi connectivity index (χ2v) is 6.65. The Kier molecular flexibility index (Phi) is 6.43. The minimum absolute atomic E-state index is 0.0749. The van der Waals surface area contributed by atoms with Crippen LogP contribution in [-0.2, 0) is 20.7 Å². The van der Waals surface area contributed by atoms with Crippen molar-refractivity contribution >= 4 is 23.5 Å². The van der Waals surface area contributed by atoms with Gasteiger partial charge in [-0.25, -0.2) is 4.39 Å². The number of hydrogen-bond donors (Lipinski definition) is 2. The normalized spacial score (nSPS) is 12.8. The molecule has 1 saturated carbocycles. The fraction of sp³-hybridized carbons (Fsp3) is 0.286. The second-order valence-electron chi connectivity index (χ2n) is 6.65. The lowest BCUT2D eigenvalue weighted by Crippen LogP contribution is -2.28. The molecule has 29 heavy (non-hydrogen) atoms. The molecule has 7 nitrogen and oxygen atoms in total. The molecule has 0 aromatic heterocycles. The Labute approximate surface area is 167 Å². The molecule has 0 unspecified atom stereocenters. The van der Waals surface area contributed by atoms with Gasteiger partial charge in [0.15, 0.2) is 18.2 Å². The zero-order valence-electron chi connectivity index (χ0n) is 15.9. The number of esters is 1. The summed E-state index contributed by atoms with van der Waals surface area (Å²) >= 11 is 0. The van der Waals surface area contributed by atoms with Crippen LogP contribution in [0.15, 0.2) is 42.5 Å². The van der Waals surface area contributed by atoms with Crippen LogP contribution in [0.1, 0.15) is 28.8 Å². The van der Waals surface area contributed by atoms with Gasteiger partial charge in [0, 0.05) is 6.04 Å². The maximum absolute atomic E-state index is 13.7. The minimum atomic E-state index is -0.676. The first-order valence-corrected chi connectivity index (χ1v) is 9.14. The predicted molar refractivity (Wildman–Crippen MR) is 103 cm³/mol. The summed E-state index contributed by atoms with van der Waals surface area (Å²) in [5.74, 6) is -2.03. The number of para-hydroxylation sites is 1. The van der Waals surface area contributed by atoms with Gasteiger partial charge in [0.25, 0.3) is 11.8 Å². The van der Waals surface area contributed by atoms with Crippen LogP contribution in [0.2, 0.25) is 0 Å². The lowest BCUT2D eigenvalue weighted by atomic mass is 10.1. The summed E-state index contributed by atoms with van der Waals surface area (Å²) in [4.78, 5) is 36.3. The van der Waals surface area contributed by atoms with E-state index in [1.54, 1.807) is 24.3 Å². The van der Waals surface area contributed by atoms with E-state index in [-0.39, 0.29) is 24.1 Å². The van der Waals surface area contributed by atoms with Gasteiger partial charge in [-0.15, -0.1) is 0 Å². The number of nitrogens with one attached hydrogen (secondary N) is 2. The molecule has 3 rings (SSSR count). The van der Waals surface area contributed by atoms with Crippen molar-refractivity contribution in [2.45, 2.75) is 25.3 Å². The maximum atomic E-state index is 13.7. The number of carbonyl (C=O) groups excluding carboxylic acids is 3. The van der Waals surface area contributed by atoms with Crippen molar-refractivity contribution in [3.05, 3.63) is 59.4 Å². The van der Waals surface area contributed by atoms with E-state index in [0.717, 1.165) is 12.8 Å². The lowest BCUT2D eigenvalue weighted by molar-refractivity contribution is -0.146. The van der Waals surface area contributed by atoms with E-state index in [1.165, 1.54) is 25.3 Å². The fourth-order valence-electron chi connectivity index (χ4n) is 2.65. The third-order valence-corrected chi connectivity index (χ3v) is 4.29. The Morgan fingerprint density at radius 3 is 2.59 bits per heavy atom. The molecular formula is C21H21FN2O5. The van der Waals surface area contributed by atoms with Crippen LogP contribution < -0.4 is 15.4 Å². The molecule has 0 saturated heterocycles. The number of hydrogen-bond acceptors (Lipinski definition) is 5. The summed E-state index contributed by atoms with van der Waals surface area (Å²) in [6.07, 6.45) is 1.72. The predicted octanol–water partition coefficient (Wildman–Crippen LogP) is 2.45. The van der Waals surface area contributed by atoms with Gasteiger partial charge >= 0.3 is 5.97 Å². The standard InChI is InChI=1S/C21H21FN2O5/c1-28-18-9-6-13(10-16(18)22)11-20(26)29-12-19(25)24-17-5-3-2-4-15(17)21(27)23-14-7-8-14/h2-6,9-10,14H,7-8,11-12H2,1H3,(H,23,27)(H,24,25). The smallest absolute Gasteiger partial charge is 0.310 e. The molecule has 1 fully saturated rings. The van der Waals surface area contributed by atoms with Crippen LogP contribution in [0.4, 0.5) is 10.1 Å². The number of anilines is 1. The first-order chi connectivity index (χ1) is 14.0. The highest BCUT2D eigenvalue weighted by Crippen LogP contribution is 2.21. The van der Waals surface area contributed by atoms with Gasteiger partial charge in [0.05, 0.1) is 24.8 Å². The SMILES string of the molecule is COc1ccc(CC(=O)OCC(=O)Nc2ccccc2C(=O)NC2CC2)cc1F. The Morgan fingerprint density at radius 2 is 1.90 bits per heavy atom. The van der Waals surface area contributed by atoms with Crippen molar-refractivity contribution in [2.24, 2.45) is 0 Å². The zero-order chi connectivity index (χ0) is 20.8. The van der Waals surface area contributed by atoms with Crippen LogP contribution >= 0.6 is 0 Å². The maximum Gasteiger partial charge on any atom is 0.310 e. The largest absolute Gasteiger partial charge is 0.494 e. The molecule has 0 aliphatic heterocycles. The van der Waals surface area contributed by atoms with E-state index in [0.29, 0.717) is 16.8 Å². The third kappa shape index (κ3) is 5.78. The molecule has 2 N–H and O–H groups in total. The Hall–Kier alpha value is -3.42. The summed E-state index contributed by atoms with van der Waals surface area (Å²) in [5, 5.41) is 5.43. The first-order valence-electron chi connectivity index (χ1n) is 9.14. The molecule has 0 heterocycles. The van der Waals surface area contributed by atoms with Crippen LogP contribution in [0.3, 0.4) is 0 Å².